The van der Waals surface area contributed by atoms with E-state index in [1.807, 2.05) is 6.92 Å². The molecule has 0 spiro atoms. The van der Waals surface area contributed by atoms with Crippen molar-refractivity contribution in [2.45, 2.75) is 26.4 Å². The van der Waals surface area contributed by atoms with Crippen molar-refractivity contribution < 1.29 is 4.39 Å². The van der Waals surface area contributed by atoms with Crippen LogP contribution in [0.2, 0.25) is 0 Å². The fourth-order valence-corrected chi connectivity index (χ4v) is 0.754. The summed E-state index contributed by atoms with van der Waals surface area (Å²) < 4.78 is 13.2. The van der Waals surface area contributed by atoms with E-state index in [1.54, 1.807) is 12.3 Å². The van der Waals surface area contributed by atoms with Gasteiger partial charge in [-0.25, -0.2) is 4.39 Å². The molecule has 0 fully saturated rings. The molecule has 1 heterocycles. The van der Waals surface area contributed by atoms with Gasteiger partial charge in [-0.15, -0.1) is 0 Å². The van der Waals surface area contributed by atoms with Crippen molar-refractivity contribution in [2.75, 3.05) is 0 Å². The molecule has 60 valence electrons. The van der Waals surface area contributed by atoms with Crippen LogP contribution >= 0.6 is 0 Å². The van der Waals surface area contributed by atoms with Crippen LogP contribution in [0.15, 0.2) is 12.3 Å². The topological polar surface area (TPSA) is 25.8 Å². The lowest BCUT2D eigenvalue weighted by atomic mass is 10.1. The summed E-state index contributed by atoms with van der Waals surface area (Å²) in [6.45, 7) is 4.80. The highest BCUT2D eigenvalue weighted by molar-refractivity contribution is 5.15. The minimum absolute atomic E-state index is 0.387. The third-order valence-electron chi connectivity index (χ3n) is 1.40. The van der Waals surface area contributed by atoms with Crippen molar-refractivity contribution in [1.29, 1.82) is 0 Å². The molecular weight excluding hydrogens is 143 g/mol. The highest BCUT2D eigenvalue weighted by Crippen LogP contribution is 2.21. The number of halogens is 1. The van der Waals surface area contributed by atoms with Crippen molar-refractivity contribution in [3.05, 3.63) is 23.5 Å². The molecular formula is C8H11FN2. The van der Waals surface area contributed by atoms with Crippen LogP contribution in [0, 0.1) is 6.92 Å². The summed E-state index contributed by atoms with van der Waals surface area (Å²) in [5.41, 5.74) is -0.0721. The van der Waals surface area contributed by atoms with Crippen LogP contribution in [0.1, 0.15) is 25.1 Å². The second-order valence-electron chi connectivity index (χ2n) is 3.09. The maximum Gasteiger partial charge on any atom is 0.149 e. The summed E-state index contributed by atoms with van der Waals surface area (Å²) >= 11 is 0. The Morgan fingerprint density at radius 3 is 2.45 bits per heavy atom. The number of rotatable bonds is 1. The van der Waals surface area contributed by atoms with Gasteiger partial charge in [-0.3, -0.25) is 0 Å². The molecule has 0 atom stereocenters. The van der Waals surface area contributed by atoms with E-state index in [1.165, 1.54) is 13.8 Å². The molecule has 1 aromatic rings. The second kappa shape index (κ2) is 2.57. The number of alkyl halides is 1. The average Bonchev–Trinajstić information content (AvgIpc) is 1.86. The van der Waals surface area contributed by atoms with Crippen molar-refractivity contribution in [1.82, 2.24) is 10.2 Å². The quantitative estimate of drug-likeness (QED) is 0.618. The summed E-state index contributed by atoms with van der Waals surface area (Å²) in [7, 11) is 0. The van der Waals surface area contributed by atoms with Gasteiger partial charge in [0.2, 0.25) is 0 Å². The molecule has 2 nitrogen and oxygen atoms in total. The van der Waals surface area contributed by atoms with E-state index in [4.69, 9.17) is 0 Å². The van der Waals surface area contributed by atoms with Gasteiger partial charge in [-0.1, -0.05) is 0 Å². The lowest BCUT2D eigenvalue weighted by Crippen LogP contribution is -2.12. The van der Waals surface area contributed by atoms with Crippen LogP contribution in [-0.2, 0) is 5.67 Å². The van der Waals surface area contributed by atoms with Crippen molar-refractivity contribution in [3.63, 3.8) is 0 Å². The molecule has 0 saturated carbocycles. The predicted octanol–water partition coefficient (Wildman–Crippen LogP) is 1.99. The molecule has 3 heteroatoms. The first-order chi connectivity index (χ1) is 5.00. The van der Waals surface area contributed by atoms with E-state index in [2.05, 4.69) is 10.2 Å². The van der Waals surface area contributed by atoms with Gasteiger partial charge < -0.3 is 0 Å². The Morgan fingerprint density at radius 1 is 1.45 bits per heavy atom. The lowest BCUT2D eigenvalue weighted by Gasteiger charge is -2.11. The molecule has 0 aromatic carbocycles. The van der Waals surface area contributed by atoms with E-state index in [-0.39, 0.29) is 0 Å². The molecule has 11 heavy (non-hydrogen) atoms. The Labute approximate surface area is 65.5 Å². The maximum atomic E-state index is 13.2. The molecule has 0 N–H and O–H groups in total. The Hall–Kier alpha value is -0.990. The van der Waals surface area contributed by atoms with Crippen LogP contribution in [0.5, 0.6) is 0 Å². The zero-order valence-corrected chi connectivity index (χ0v) is 6.93. The van der Waals surface area contributed by atoms with Crippen molar-refractivity contribution in [3.8, 4) is 0 Å². The van der Waals surface area contributed by atoms with Crippen molar-refractivity contribution >= 4 is 0 Å². The Kier molecular flexibility index (Phi) is 1.89. The monoisotopic (exact) mass is 154 g/mol. The summed E-state index contributed by atoms with van der Waals surface area (Å²) in [4.78, 5) is 0. The van der Waals surface area contributed by atoms with E-state index in [9.17, 15) is 4.39 Å². The van der Waals surface area contributed by atoms with Crippen molar-refractivity contribution in [2.24, 2.45) is 0 Å². The molecule has 0 unspecified atom stereocenters. The molecule has 0 bridgehead atoms. The minimum atomic E-state index is -1.39. The number of aryl methyl sites for hydroxylation is 1. The third-order valence-corrected chi connectivity index (χ3v) is 1.40. The Morgan fingerprint density at radius 2 is 2.09 bits per heavy atom. The molecule has 1 rings (SSSR count). The molecule has 0 aliphatic heterocycles. The molecule has 0 aliphatic rings. The van der Waals surface area contributed by atoms with E-state index < -0.39 is 5.67 Å². The van der Waals surface area contributed by atoms with Gasteiger partial charge in [0, 0.05) is 0 Å². The highest BCUT2D eigenvalue weighted by atomic mass is 19.1. The van der Waals surface area contributed by atoms with E-state index >= 15 is 0 Å². The van der Waals surface area contributed by atoms with Crippen LogP contribution in [0.4, 0.5) is 4.39 Å². The summed E-state index contributed by atoms with van der Waals surface area (Å²) in [6.07, 6.45) is 1.61. The van der Waals surface area contributed by atoms with Gasteiger partial charge in [-0.05, 0) is 32.4 Å². The molecule has 0 amide bonds. The average molecular weight is 154 g/mol. The Bertz CT molecular complexity index is 253. The summed E-state index contributed by atoms with van der Waals surface area (Å²) in [6, 6.07) is 1.70. The highest BCUT2D eigenvalue weighted by Gasteiger charge is 2.20. The van der Waals surface area contributed by atoms with Crippen LogP contribution < -0.4 is 0 Å². The first-order valence-electron chi connectivity index (χ1n) is 3.49. The second-order valence-corrected chi connectivity index (χ2v) is 3.09. The fourth-order valence-electron chi connectivity index (χ4n) is 0.754. The fraction of sp³-hybridized carbons (Fsp3) is 0.500. The molecule has 1 aromatic heterocycles. The predicted molar refractivity (Wildman–Crippen MR) is 40.9 cm³/mol. The third kappa shape index (κ3) is 1.97. The van der Waals surface area contributed by atoms with Gasteiger partial charge in [0.25, 0.3) is 0 Å². The zero-order chi connectivity index (χ0) is 8.48. The number of aromatic nitrogens is 2. The summed E-state index contributed by atoms with van der Waals surface area (Å²) in [5, 5.41) is 7.35. The van der Waals surface area contributed by atoms with Crippen LogP contribution in [-0.4, -0.2) is 10.2 Å². The normalized spacial score (nSPS) is 11.6. The minimum Gasteiger partial charge on any atom is -0.238 e. The van der Waals surface area contributed by atoms with E-state index in [0.717, 1.165) is 5.56 Å². The molecule has 0 aliphatic carbocycles. The van der Waals surface area contributed by atoms with Crippen LogP contribution in [0.3, 0.4) is 0 Å². The summed E-state index contributed by atoms with van der Waals surface area (Å²) in [5.74, 6) is 0. The van der Waals surface area contributed by atoms with Gasteiger partial charge in [0.15, 0.2) is 0 Å². The number of hydrogen-bond donors (Lipinski definition) is 0. The lowest BCUT2D eigenvalue weighted by molar-refractivity contribution is 0.212. The first-order valence-corrected chi connectivity index (χ1v) is 3.49. The van der Waals surface area contributed by atoms with Gasteiger partial charge >= 0.3 is 0 Å². The molecule has 0 radical (unpaired) electrons. The largest absolute Gasteiger partial charge is 0.238 e. The van der Waals surface area contributed by atoms with Crippen LogP contribution in [0.25, 0.3) is 0 Å². The SMILES string of the molecule is Cc1cnnc(C(C)(C)F)c1. The van der Waals surface area contributed by atoms with E-state index in [0.29, 0.717) is 5.69 Å². The first kappa shape index (κ1) is 8.11. The number of nitrogens with zero attached hydrogens (tertiary/aromatic N) is 2. The number of hydrogen-bond acceptors (Lipinski definition) is 2. The van der Waals surface area contributed by atoms with Gasteiger partial charge in [-0.2, -0.15) is 10.2 Å². The molecule has 0 saturated heterocycles. The van der Waals surface area contributed by atoms with Gasteiger partial charge in [0.1, 0.15) is 5.67 Å². The van der Waals surface area contributed by atoms with Gasteiger partial charge in [0.05, 0.1) is 11.9 Å². The smallest absolute Gasteiger partial charge is 0.149 e. The zero-order valence-electron chi connectivity index (χ0n) is 6.93. The Balaban J connectivity index is 3.06. The standard InChI is InChI=1S/C8H11FN2/c1-6-4-7(8(2,3)9)11-10-5-6/h4-5H,1-3H3. The maximum absolute atomic E-state index is 13.2.